The minimum Gasteiger partial charge on any atom is -0.334 e. The zero-order chi connectivity index (χ0) is 73.3. The molecule has 20 rings (SSSR count). The van der Waals surface area contributed by atoms with Gasteiger partial charge in [-0.1, -0.05) is 334 Å². The van der Waals surface area contributed by atoms with E-state index in [0.29, 0.717) is 0 Å². The van der Waals surface area contributed by atoms with Gasteiger partial charge in [0.15, 0.2) is 0 Å². The van der Waals surface area contributed by atoms with Gasteiger partial charge in [-0.05, 0) is 251 Å². The molecule has 0 N–H and O–H groups in total. The summed E-state index contributed by atoms with van der Waals surface area (Å²) < 4.78 is 0. The van der Waals surface area contributed by atoms with E-state index < -0.39 is 16.2 Å². The number of nitrogens with zero attached hydrogens (tertiary/aromatic N) is 2. The number of benzene rings is 15. The first-order valence-corrected chi connectivity index (χ1v) is 38.4. The van der Waals surface area contributed by atoms with E-state index >= 15 is 0 Å². The average molecular weight is 1390 g/mol. The summed E-state index contributed by atoms with van der Waals surface area (Å²) in [5, 5.41) is 0. The lowest BCUT2D eigenvalue weighted by Crippen LogP contribution is -2.32. The van der Waals surface area contributed by atoms with Gasteiger partial charge in [0.05, 0.1) is 22.3 Å². The van der Waals surface area contributed by atoms with E-state index in [4.69, 9.17) is 0 Å². The second-order valence-corrected chi connectivity index (χ2v) is 30.4. The third kappa shape index (κ3) is 9.80. The van der Waals surface area contributed by atoms with Gasteiger partial charge in [0.2, 0.25) is 0 Å². The Kier molecular flexibility index (Phi) is 15.3. The number of aryl methyl sites for hydroxylation is 4. The van der Waals surface area contributed by atoms with Crippen molar-refractivity contribution in [2.24, 2.45) is 0 Å². The first-order chi connectivity index (χ1) is 53.6. The summed E-state index contributed by atoms with van der Waals surface area (Å²) in [6.45, 7) is 17.5. The molecule has 2 nitrogen and oxygen atoms in total. The van der Waals surface area contributed by atoms with Gasteiger partial charge in [-0.2, -0.15) is 0 Å². The topological polar surface area (TPSA) is 6.48 Å². The van der Waals surface area contributed by atoms with Crippen LogP contribution in [0.1, 0.15) is 112 Å². The normalized spacial score (nSPS) is 17.6. The Balaban J connectivity index is 0.812. The maximum atomic E-state index is 4.20. The molecule has 518 valence electrons. The number of hydrogen-bond donors (Lipinski definition) is 0. The lowest BCUT2D eigenvalue weighted by atomic mass is 9.66. The van der Waals surface area contributed by atoms with Gasteiger partial charge in [-0.15, -0.1) is 0 Å². The van der Waals surface area contributed by atoms with Gasteiger partial charge in [0.25, 0.3) is 0 Å². The van der Waals surface area contributed by atoms with Crippen LogP contribution in [0, 0.1) is 27.7 Å². The minimum absolute atomic E-state index is 0.0502. The summed E-state index contributed by atoms with van der Waals surface area (Å²) in [5.74, 6) is 0. The molecule has 0 aliphatic heterocycles. The van der Waals surface area contributed by atoms with Crippen LogP contribution in [0.5, 0.6) is 0 Å². The van der Waals surface area contributed by atoms with Crippen molar-refractivity contribution in [2.45, 2.75) is 56.4 Å². The molecule has 5 aliphatic carbocycles. The highest BCUT2D eigenvalue weighted by Crippen LogP contribution is 2.66. The van der Waals surface area contributed by atoms with Crippen LogP contribution in [0.2, 0.25) is 0 Å². The summed E-state index contributed by atoms with van der Waals surface area (Å²) in [6, 6.07) is 130. The Morgan fingerprint density at radius 2 is 0.642 bits per heavy atom. The monoisotopic (exact) mass is 1390 g/mol. The van der Waals surface area contributed by atoms with Crippen molar-refractivity contribution in [1.29, 1.82) is 0 Å². The molecule has 4 atom stereocenters. The third-order valence-electron chi connectivity index (χ3n) is 24.7. The third-order valence-corrected chi connectivity index (χ3v) is 24.7. The molecule has 2 heteroatoms. The first kappa shape index (κ1) is 65.4. The van der Waals surface area contributed by atoms with Crippen molar-refractivity contribution in [1.82, 2.24) is 0 Å². The maximum Gasteiger partial charge on any atom is 0.0727 e. The van der Waals surface area contributed by atoms with E-state index in [2.05, 4.69) is 409 Å². The van der Waals surface area contributed by atoms with Crippen molar-refractivity contribution in [2.75, 3.05) is 9.80 Å². The number of rotatable bonds is 14. The van der Waals surface area contributed by atoms with E-state index in [0.717, 1.165) is 46.0 Å². The quantitative estimate of drug-likeness (QED) is 0.107. The number of anilines is 5. The van der Waals surface area contributed by atoms with Crippen molar-refractivity contribution in [3.63, 3.8) is 0 Å². The van der Waals surface area contributed by atoms with Gasteiger partial charge in [-0.3, -0.25) is 0 Å². The van der Waals surface area contributed by atoms with Crippen molar-refractivity contribution in [3.05, 3.63) is 477 Å². The van der Waals surface area contributed by atoms with Gasteiger partial charge in [0.1, 0.15) is 0 Å². The van der Waals surface area contributed by atoms with Crippen LogP contribution in [0.4, 0.5) is 28.4 Å². The highest BCUT2D eigenvalue weighted by atomic mass is 15.2. The molecule has 0 heterocycles. The highest BCUT2D eigenvalue weighted by molar-refractivity contribution is 5.99. The van der Waals surface area contributed by atoms with Gasteiger partial charge in [-0.25, -0.2) is 0 Å². The van der Waals surface area contributed by atoms with E-state index in [9.17, 15) is 0 Å². The number of allylic oxidation sites excluding steroid dienone is 2. The molecule has 5 aliphatic rings. The van der Waals surface area contributed by atoms with Crippen molar-refractivity contribution in [3.8, 4) is 55.6 Å². The molecule has 4 unspecified atom stereocenters. The molecule has 0 aromatic heterocycles. The smallest absolute Gasteiger partial charge is 0.0727 e. The molecule has 1 spiro atoms. The SMILES string of the molecule is C=Cc1ccc(C2(c3cc(C)ccc3C)c3ccccc3-c3ccc(N(c4ccc(-c5ccccc5)cc4)c4ccc5c(c4)C4(c6ccccc6-5)c5ccccc5-c5ccc(N(c6ccc7c(c6)C(c6ccc(C=C)cc6)(c6cc(C)ccc6C)c6ccccc6-7)C6C=CC(c7ccccc7)=CC6)cc54)cc32)cc1. The zero-order valence-corrected chi connectivity index (χ0v) is 61.8. The van der Waals surface area contributed by atoms with Crippen molar-refractivity contribution >= 4 is 46.2 Å². The predicted octanol–water partition coefficient (Wildman–Crippen LogP) is 27.0. The fourth-order valence-corrected chi connectivity index (χ4v) is 19.8. The lowest BCUT2D eigenvalue weighted by Gasteiger charge is -2.38. The van der Waals surface area contributed by atoms with Crippen LogP contribution in [0.15, 0.2) is 371 Å². The maximum absolute atomic E-state index is 4.20. The van der Waals surface area contributed by atoms with E-state index in [-0.39, 0.29) is 6.04 Å². The Bertz CT molecular complexity index is 6280. The standard InChI is InChI=1S/C107H80N2/c1-7-73-39-47-79(48-40-73)105(99-63-69(3)35-37-71(99)5)95-31-19-15-27-87(95)91-59-55-83(65-101(91)105)108(81-51-43-77(44-52-81)75-23-11-9-12-24-75)85-57-61-93-89-29-17-21-33-97(89)107(103(93)67-85)98-34-22-18-30-90(98)94-62-58-86(68-104(94)107)109(82-53-45-78(46-54-82)76-25-13-10-14-26-76)84-56-60-92-88-28-16-20-32-96(88)106(102(92)66-84,80-49-41-74(8-2)42-50-80)100-64-70(4)36-38-72(100)6/h7-53,55-68,82H,1-2,54H2,3-6H3. The molecule has 15 aromatic rings. The minimum atomic E-state index is -0.731. The second-order valence-electron chi connectivity index (χ2n) is 30.4. The van der Waals surface area contributed by atoms with E-state index in [1.807, 2.05) is 12.2 Å². The van der Waals surface area contributed by atoms with Crippen molar-refractivity contribution < 1.29 is 0 Å². The summed E-state index contributed by atoms with van der Waals surface area (Å²) in [5.41, 5.74) is 40.6. The van der Waals surface area contributed by atoms with E-state index in [1.165, 1.54) is 156 Å². The van der Waals surface area contributed by atoms with Crippen LogP contribution in [0.3, 0.4) is 0 Å². The van der Waals surface area contributed by atoms with Crippen LogP contribution >= 0.6 is 0 Å². The number of fused-ring (bicyclic) bond motifs is 16. The molecule has 15 aromatic carbocycles. The summed E-state index contributed by atoms with van der Waals surface area (Å²) in [7, 11) is 0. The largest absolute Gasteiger partial charge is 0.334 e. The van der Waals surface area contributed by atoms with Gasteiger partial charge >= 0.3 is 0 Å². The zero-order valence-electron chi connectivity index (χ0n) is 61.8. The Morgan fingerprint density at radius 1 is 0.294 bits per heavy atom. The summed E-state index contributed by atoms with van der Waals surface area (Å²) >= 11 is 0. The second kappa shape index (κ2) is 25.5. The molecule has 0 amide bonds. The molecule has 0 radical (unpaired) electrons. The Hall–Kier alpha value is -13.1. The van der Waals surface area contributed by atoms with Crippen LogP contribution in [-0.2, 0) is 16.2 Å². The molecular weight excluding hydrogens is 1310 g/mol. The Labute approximate surface area is 640 Å². The fourth-order valence-electron chi connectivity index (χ4n) is 19.8. The molecular formula is C107H80N2. The molecule has 0 saturated heterocycles. The van der Waals surface area contributed by atoms with Gasteiger partial charge in [0, 0.05) is 28.4 Å². The fraction of sp³-hybridized carbons (Fsp3) is 0.0841. The van der Waals surface area contributed by atoms with Crippen LogP contribution in [0.25, 0.3) is 73.4 Å². The molecule has 0 fully saturated rings. The molecule has 0 saturated carbocycles. The average Bonchev–Trinajstić information content (AvgIpc) is 1.52. The molecule has 109 heavy (non-hydrogen) atoms. The van der Waals surface area contributed by atoms with Crippen LogP contribution < -0.4 is 9.80 Å². The van der Waals surface area contributed by atoms with Gasteiger partial charge < -0.3 is 9.80 Å². The summed E-state index contributed by atoms with van der Waals surface area (Å²) in [4.78, 5) is 5.20. The molecule has 0 bridgehead atoms. The lowest BCUT2D eigenvalue weighted by molar-refractivity contribution is 0.753. The van der Waals surface area contributed by atoms with Crippen LogP contribution in [-0.4, -0.2) is 6.04 Å². The highest BCUT2D eigenvalue weighted by Gasteiger charge is 2.54. The first-order valence-electron chi connectivity index (χ1n) is 38.4. The summed E-state index contributed by atoms with van der Waals surface area (Å²) in [6.07, 6.45) is 12.0. The van der Waals surface area contributed by atoms with E-state index in [1.54, 1.807) is 0 Å². The number of hydrogen-bond acceptors (Lipinski definition) is 2. The predicted molar refractivity (Wildman–Crippen MR) is 457 cm³/mol. The Morgan fingerprint density at radius 3 is 1.06 bits per heavy atom.